The van der Waals surface area contributed by atoms with Crippen LogP contribution in [0.3, 0.4) is 0 Å². The summed E-state index contributed by atoms with van der Waals surface area (Å²) in [5.74, 6) is 0. The van der Waals surface area contributed by atoms with Crippen molar-refractivity contribution in [2.45, 2.75) is 0 Å². The summed E-state index contributed by atoms with van der Waals surface area (Å²) in [6.45, 7) is 0. The number of hydrogen-bond acceptors (Lipinski definition) is 4. The van der Waals surface area contributed by atoms with Crippen molar-refractivity contribution in [2.24, 2.45) is 7.05 Å². The predicted molar refractivity (Wildman–Crippen MR) is 49.1 cm³/mol. The van der Waals surface area contributed by atoms with Crippen molar-refractivity contribution in [1.29, 1.82) is 0 Å². The van der Waals surface area contributed by atoms with Gasteiger partial charge in [0.1, 0.15) is 22.8 Å². The minimum Gasteiger partial charge on any atom is -0.364 e. The Labute approximate surface area is 84.3 Å². The van der Waals surface area contributed by atoms with E-state index in [0.29, 0.717) is 23.2 Å². The maximum atomic E-state index is 10.8. The average molecular weight is 212 g/mol. The van der Waals surface area contributed by atoms with Crippen LogP contribution in [0.2, 0.25) is 5.15 Å². The molecule has 2 heterocycles. The number of halogens is 1. The highest BCUT2D eigenvalue weighted by Crippen LogP contribution is 2.25. The molecular weight excluding hydrogens is 206 g/mol. The van der Waals surface area contributed by atoms with Crippen molar-refractivity contribution >= 4 is 17.9 Å². The van der Waals surface area contributed by atoms with Crippen LogP contribution in [0.5, 0.6) is 0 Å². The van der Waals surface area contributed by atoms with Crippen LogP contribution < -0.4 is 0 Å². The summed E-state index contributed by atoms with van der Waals surface area (Å²) >= 11 is 5.84. The van der Waals surface area contributed by atoms with Gasteiger partial charge < -0.3 is 4.52 Å². The Morgan fingerprint density at radius 1 is 1.64 bits per heavy atom. The first-order valence-electron chi connectivity index (χ1n) is 3.82. The van der Waals surface area contributed by atoms with Crippen molar-refractivity contribution in [2.75, 3.05) is 0 Å². The lowest BCUT2D eigenvalue weighted by atomic mass is 10.2. The second-order valence-corrected chi connectivity index (χ2v) is 3.04. The molecule has 6 heteroatoms. The van der Waals surface area contributed by atoms with Crippen LogP contribution in [0.1, 0.15) is 10.4 Å². The predicted octanol–water partition coefficient (Wildman–Crippen LogP) is 1.54. The van der Waals surface area contributed by atoms with Gasteiger partial charge in [0.05, 0.1) is 5.56 Å². The van der Waals surface area contributed by atoms with Crippen LogP contribution in [0.15, 0.2) is 16.9 Å². The van der Waals surface area contributed by atoms with E-state index in [-0.39, 0.29) is 5.15 Å². The van der Waals surface area contributed by atoms with Gasteiger partial charge in [0.2, 0.25) is 0 Å². The number of rotatable bonds is 2. The summed E-state index contributed by atoms with van der Waals surface area (Å²) in [6, 6.07) is 1.62. The third kappa shape index (κ3) is 1.22. The maximum Gasteiger partial charge on any atom is 0.155 e. The fourth-order valence-corrected chi connectivity index (χ4v) is 1.32. The molecule has 2 aromatic rings. The molecule has 0 aromatic carbocycles. The van der Waals surface area contributed by atoms with Crippen molar-refractivity contribution in [3.8, 4) is 11.4 Å². The van der Waals surface area contributed by atoms with Gasteiger partial charge in [-0.3, -0.25) is 9.48 Å². The summed E-state index contributed by atoms with van der Waals surface area (Å²) in [5.41, 5.74) is 1.25. The highest BCUT2D eigenvalue weighted by atomic mass is 35.5. The molecule has 0 aliphatic carbocycles. The minimum atomic E-state index is 0.290. The van der Waals surface area contributed by atoms with Crippen molar-refractivity contribution in [3.63, 3.8) is 0 Å². The smallest absolute Gasteiger partial charge is 0.155 e. The molecule has 0 aliphatic rings. The topological polar surface area (TPSA) is 60.9 Å². The maximum absolute atomic E-state index is 10.8. The summed E-state index contributed by atoms with van der Waals surface area (Å²) in [4.78, 5) is 10.8. The Bertz CT molecular complexity index is 461. The Kier molecular flexibility index (Phi) is 2.09. The van der Waals surface area contributed by atoms with E-state index in [4.69, 9.17) is 11.6 Å². The molecule has 0 radical (unpaired) electrons. The molecule has 0 amide bonds. The van der Waals surface area contributed by atoms with Crippen molar-refractivity contribution < 1.29 is 9.32 Å². The molecule has 0 saturated carbocycles. The number of hydrogen-bond donors (Lipinski definition) is 0. The number of nitrogens with zero attached hydrogens (tertiary/aromatic N) is 3. The van der Waals surface area contributed by atoms with Gasteiger partial charge in [-0.15, -0.1) is 0 Å². The van der Waals surface area contributed by atoms with E-state index < -0.39 is 0 Å². The van der Waals surface area contributed by atoms with Crippen LogP contribution in [-0.2, 0) is 7.05 Å². The second-order valence-electron chi connectivity index (χ2n) is 2.68. The van der Waals surface area contributed by atoms with Crippen LogP contribution in [0.25, 0.3) is 11.4 Å². The van der Waals surface area contributed by atoms with E-state index in [1.165, 1.54) is 10.9 Å². The zero-order valence-corrected chi connectivity index (χ0v) is 8.02. The lowest BCUT2D eigenvalue weighted by Gasteiger charge is -1.87. The molecule has 0 atom stereocenters. The normalized spacial score (nSPS) is 10.4. The summed E-state index contributed by atoms with van der Waals surface area (Å²) in [7, 11) is 1.65. The molecule has 2 aromatic heterocycles. The molecule has 0 spiro atoms. The van der Waals surface area contributed by atoms with Gasteiger partial charge in [-0.1, -0.05) is 16.8 Å². The minimum absolute atomic E-state index is 0.290. The van der Waals surface area contributed by atoms with Gasteiger partial charge in [-0.2, -0.15) is 5.10 Å². The van der Waals surface area contributed by atoms with E-state index in [9.17, 15) is 4.79 Å². The van der Waals surface area contributed by atoms with Gasteiger partial charge in [-0.25, -0.2) is 0 Å². The van der Waals surface area contributed by atoms with Gasteiger partial charge in [0.15, 0.2) is 6.29 Å². The third-order valence-corrected chi connectivity index (χ3v) is 2.26. The summed E-state index contributed by atoms with van der Waals surface area (Å²) in [5, 5.41) is 8.03. The second kappa shape index (κ2) is 3.26. The molecule has 0 N–H and O–H groups in total. The molecule has 14 heavy (non-hydrogen) atoms. The third-order valence-electron chi connectivity index (χ3n) is 1.81. The standard InChI is InChI=1S/C8H6ClN3O2/c1-12-8(9)5(4-13)7(10-12)6-2-3-14-11-6/h2-4H,1H3. The SMILES string of the molecule is Cn1nc(-c2ccon2)c(C=O)c1Cl. The first kappa shape index (κ1) is 8.96. The number of carbonyl (C=O) groups is 1. The lowest BCUT2D eigenvalue weighted by Crippen LogP contribution is -1.89. The van der Waals surface area contributed by atoms with Crippen molar-refractivity contribution in [3.05, 3.63) is 23.0 Å². The highest BCUT2D eigenvalue weighted by molar-refractivity contribution is 6.32. The van der Waals surface area contributed by atoms with E-state index in [0.717, 1.165) is 0 Å². The monoisotopic (exact) mass is 211 g/mol. The first-order valence-corrected chi connectivity index (χ1v) is 4.20. The molecule has 0 fully saturated rings. The molecule has 0 bridgehead atoms. The van der Waals surface area contributed by atoms with E-state index in [1.807, 2.05) is 0 Å². The van der Waals surface area contributed by atoms with Gasteiger partial charge in [-0.05, 0) is 0 Å². The molecular formula is C8H6ClN3O2. The Hall–Kier alpha value is -1.62. The molecule has 72 valence electrons. The number of aryl methyl sites for hydroxylation is 1. The molecule has 2 rings (SSSR count). The number of aldehydes is 1. The van der Waals surface area contributed by atoms with Crippen LogP contribution in [0.4, 0.5) is 0 Å². The molecule has 0 saturated heterocycles. The van der Waals surface area contributed by atoms with Gasteiger partial charge in [0, 0.05) is 13.1 Å². The highest BCUT2D eigenvalue weighted by Gasteiger charge is 2.17. The van der Waals surface area contributed by atoms with Gasteiger partial charge >= 0.3 is 0 Å². The zero-order chi connectivity index (χ0) is 10.1. The van der Waals surface area contributed by atoms with Gasteiger partial charge in [0.25, 0.3) is 0 Å². The fourth-order valence-electron chi connectivity index (χ4n) is 1.15. The van der Waals surface area contributed by atoms with E-state index in [1.54, 1.807) is 13.1 Å². The Morgan fingerprint density at radius 2 is 2.43 bits per heavy atom. The molecule has 0 unspecified atom stereocenters. The van der Waals surface area contributed by atoms with Crippen LogP contribution in [-0.4, -0.2) is 21.2 Å². The Balaban J connectivity index is 2.64. The molecule has 0 aliphatic heterocycles. The largest absolute Gasteiger partial charge is 0.364 e. The average Bonchev–Trinajstić information content (AvgIpc) is 2.76. The quantitative estimate of drug-likeness (QED) is 0.707. The summed E-state index contributed by atoms with van der Waals surface area (Å²) in [6.07, 6.45) is 2.06. The lowest BCUT2D eigenvalue weighted by molar-refractivity contribution is 0.112. The number of carbonyl (C=O) groups excluding carboxylic acids is 1. The van der Waals surface area contributed by atoms with E-state index >= 15 is 0 Å². The Morgan fingerprint density at radius 3 is 3.00 bits per heavy atom. The van der Waals surface area contributed by atoms with Crippen LogP contribution >= 0.6 is 11.6 Å². The molecule has 5 nitrogen and oxygen atoms in total. The number of aromatic nitrogens is 3. The van der Waals surface area contributed by atoms with Crippen molar-refractivity contribution in [1.82, 2.24) is 14.9 Å². The zero-order valence-electron chi connectivity index (χ0n) is 7.27. The van der Waals surface area contributed by atoms with E-state index in [2.05, 4.69) is 14.8 Å². The fraction of sp³-hybridized carbons (Fsp3) is 0.125. The first-order chi connectivity index (χ1) is 6.74. The van der Waals surface area contributed by atoms with Crippen LogP contribution in [0, 0.1) is 0 Å². The summed E-state index contributed by atoms with van der Waals surface area (Å²) < 4.78 is 6.07.